The molecular formula is C14H9F2IO2. The minimum Gasteiger partial charge on any atom is -0.496 e. The number of methoxy groups -OCH3 is 1. The maximum absolute atomic E-state index is 13.6. The Labute approximate surface area is 122 Å². The zero-order chi connectivity index (χ0) is 14.0. The molecule has 5 heteroatoms. The number of benzene rings is 2. The van der Waals surface area contributed by atoms with Crippen molar-refractivity contribution in [2.45, 2.75) is 0 Å². The van der Waals surface area contributed by atoms with Crippen LogP contribution in [0, 0.1) is 15.2 Å². The summed E-state index contributed by atoms with van der Waals surface area (Å²) in [4.78, 5) is 12.3. The quantitative estimate of drug-likeness (QED) is 0.604. The standard InChI is InChI=1S/C14H9F2IO2/c1-19-12-6-5-8(17)7-10(12)14(18)9-3-2-4-11(15)13(9)16/h2-7H,1H3. The summed E-state index contributed by atoms with van der Waals surface area (Å²) in [6.07, 6.45) is 0. The molecule has 0 aliphatic rings. The number of ketones is 1. The van der Waals surface area contributed by atoms with Gasteiger partial charge in [-0.3, -0.25) is 4.79 Å². The van der Waals surface area contributed by atoms with Gasteiger partial charge >= 0.3 is 0 Å². The molecule has 0 saturated carbocycles. The van der Waals surface area contributed by atoms with E-state index < -0.39 is 17.4 Å². The summed E-state index contributed by atoms with van der Waals surface area (Å²) < 4.78 is 32.7. The van der Waals surface area contributed by atoms with Gasteiger partial charge in [-0.05, 0) is 52.9 Å². The third-order valence-corrected chi connectivity index (χ3v) is 3.27. The Balaban J connectivity index is 2.56. The highest BCUT2D eigenvalue weighted by Gasteiger charge is 2.20. The summed E-state index contributed by atoms with van der Waals surface area (Å²) in [6.45, 7) is 0. The second-order valence-corrected chi connectivity index (χ2v) is 5.02. The molecule has 0 aliphatic heterocycles. The van der Waals surface area contributed by atoms with Crippen LogP contribution in [0.25, 0.3) is 0 Å². The van der Waals surface area contributed by atoms with Crippen LogP contribution < -0.4 is 4.74 Å². The molecule has 0 aliphatic carbocycles. The van der Waals surface area contributed by atoms with Crippen molar-refractivity contribution in [3.63, 3.8) is 0 Å². The van der Waals surface area contributed by atoms with Gasteiger partial charge in [-0.25, -0.2) is 8.78 Å². The summed E-state index contributed by atoms with van der Waals surface area (Å²) in [5.41, 5.74) is -0.0980. The first-order valence-corrected chi connectivity index (χ1v) is 6.44. The molecule has 0 amide bonds. The van der Waals surface area contributed by atoms with Crippen molar-refractivity contribution in [3.05, 3.63) is 62.7 Å². The van der Waals surface area contributed by atoms with Crippen LogP contribution in [0.5, 0.6) is 5.75 Å². The molecular weight excluding hydrogens is 365 g/mol. The topological polar surface area (TPSA) is 26.3 Å². The van der Waals surface area contributed by atoms with Crippen LogP contribution in [-0.2, 0) is 0 Å². The third-order valence-electron chi connectivity index (χ3n) is 2.60. The smallest absolute Gasteiger partial charge is 0.199 e. The van der Waals surface area contributed by atoms with Gasteiger partial charge < -0.3 is 4.74 Å². The SMILES string of the molecule is COc1ccc(I)cc1C(=O)c1cccc(F)c1F. The lowest BCUT2D eigenvalue weighted by molar-refractivity contribution is 0.103. The van der Waals surface area contributed by atoms with Crippen LogP contribution in [0.3, 0.4) is 0 Å². The molecule has 0 heterocycles. The maximum atomic E-state index is 13.6. The second-order valence-electron chi connectivity index (χ2n) is 3.78. The molecule has 0 saturated heterocycles. The Morgan fingerprint density at radius 1 is 1.16 bits per heavy atom. The lowest BCUT2D eigenvalue weighted by atomic mass is 10.0. The van der Waals surface area contributed by atoms with Crippen LogP contribution in [0.1, 0.15) is 15.9 Å². The molecule has 19 heavy (non-hydrogen) atoms. The maximum Gasteiger partial charge on any atom is 0.199 e. The van der Waals surface area contributed by atoms with Gasteiger partial charge in [0.25, 0.3) is 0 Å². The molecule has 0 bridgehead atoms. The zero-order valence-corrected chi connectivity index (χ0v) is 12.1. The fourth-order valence-corrected chi connectivity index (χ4v) is 2.17. The second kappa shape index (κ2) is 5.64. The van der Waals surface area contributed by atoms with Crippen LogP contribution in [0.4, 0.5) is 8.78 Å². The van der Waals surface area contributed by atoms with E-state index >= 15 is 0 Å². The van der Waals surface area contributed by atoms with E-state index in [2.05, 4.69) is 0 Å². The monoisotopic (exact) mass is 374 g/mol. The Bertz CT molecular complexity index is 641. The largest absolute Gasteiger partial charge is 0.496 e. The lowest BCUT2D eigenvalue weighted by Gasteiger charge is -2.09. The minimum atomic E-state index is -1.14. The van der Waals surface area contributed by atoms with E-state index in [4.69, 9.17) is 4.74 Å². The normalized spacial score (nSPS) is 10.3. The molecule has 2 aromatic carbocycles. The van der Waals surface area contributed by atoms with E-state index in [1.165, 1.54) is 19.2 Å². The zero-order valence-electron chi connectivity index (χ0n) is 9.91. The molecule has 0 fully saturated rings. The highest BCUT2D eigenvalue weighted by atomic mass is 127. The molecule has 2 nitrogen and oxygen atoms in total. The van der Waals surface area contributed by atoms with Crippen LogP contribution >= 0.6 is 22.6 Å². The lowest BCUT2D eigenvalue weighted by Crippen LogP contribution is -2.08. The molecule has 98 valence electrons. The number of ether oxygens (including phenoxy) is 1. The van der Waals surface area contributed by atoms with Gasteiger partial charge in [0, 0.05) is 3.57 Å². The summed E-state index contributed by atoms with van der Waals surface area (Å²) in [6, 6.07) is 8.47. The van der Waals surface area contributed by atoms with Crippen molar-refractivity contribution in [2.24, 2.45) is 0 Å². The van der Waals surface area contributed by atoms with E-state index in [1.807, 2.05) is 22.6 Å². The molecule has 2 aromatic rings. The van der Waals surface area contributed by atoms with Crippen molar-refractivity contribution in [1.29, 1.82) is 0 Å². The van der Waals surface area contributed by atoms with E-state index in [-0.39, 0.29) is 11.1 Å². The summed E-state index contributed by atoms with van der Waals surface area (Å²) in [5, 5.41) is 0. The highest BCUT2D eigenvalue weighted by molar-refractivity contribution is 14.1. The first-order chi connectivity index (χ1) is 9.04. The third kappa shape index (κ3) is 2.75. The fraction of sp³-hybridized carbons (Fsp3) is 0.0714. The van der Waals surface area contributed by atoms with Gasteiger partial charge in [0.05, 0.1) is 18.2 Å². The van der Waals surface area contributed by atoms with Gasteiger partial charge in [-0.2, -0.15) is 0 Å². The number of carbonyl (C=O) groups is 1. The summed E-state index contributed by atoms with van der Waals surface area (Å²) >= 11 is 2.03. The van der Waals surface area contributed by atoms with Crippen molar-refractivity contribution in [2.75, 3.05) is 7.11 Å². The molecule has 0 atom stereocenters. The number of halogens is 3. The molecule has 0 spiro atoms. The van der Waals surface area contributed by atoms with E-state index in [9.17, 15) is 13.6 Å². The van der Waals surface area contributed by atoms with Crippen molar-refractivity contribution in [1.82, 2.24) is 0 Å². The number of rotatable bonds is 3. The average molecular weight is 374 g/mol. The average Bonchev–Trinajstić information content (AvgIpc) is 2.41. The Morgan fingerprint density at radius 3 is 2.58 bits per heavy atom. The molecule has 0 N–H and O–H groups in total. The van der Waals surface area contributed by atoms with Crippen LogP contribution in [-0.4, -0.2) is 12.9 Å². The van der Waals surface area contributed by atoms with E-state index in [0.29, 0.717) is 5.75 Å². The molecule has 0 unspecified atom stereocenters. The number of hydrogen-bond acceptors (Lipinski definition) is 2. The van der Waals surface area contributed by atoms with E-state index in [0.717, 1.165) is 9.64 Å². The van der Waals surface area contributed by atoms with Crippen molar-refractivity contribution >= 4 is 28.4 Å². The van der Waals surface area contributed by atoms with Crippen molar-refractivity contribution < 1.29 is 18.3 Å². The summed E-state index contributed by atoms with van der Waals surface area (Å²) in [7, 11) is 1.42. The molecule has 2 rings (SSSR count). The van der Waals surface area contributed by atoms with E-state index in [1.54, 1.807) is 18.2 Å². The predicted molar refractivity (Wildman–Crippen MR) is 75.5 cm³/mol. The first kappa shape index (κ1) is 13.9. The first-order valence-electron chi connectivity index (χ1n) is 5.37. The van der Waals surface area contributed by atoms with Gasteiger partial charge in [-0.1, -0.05) is 6.07 Å². The minimum absolute atomic E-state index is 0.207. The van der Waals surface area contributed by atoms with Gasteiger partial charge in [-0.15, -0.1) is 0 Å². The van der Waals surface area contributed by atoms with Gasteiger partial charge in [0.2, 0.25) is 0 Å². The Kier molecular flexibility index (Phi) is 4.14. The van der Waals surface area contributed by atoms with Gasteiger partial charge in [0.15, 0.2) is 17.4 Å². The van der Waals surface area contributed by atoms with Gasteiger partial charge in [0.1, 0.15) is 5.75 Å². The predicted octanol–water partition coefficient (Wildman–Crippen LogP) is 3.81. The summed E-state index contributed by atoms with van der Waals surface area (Å²) in [5.74, 6) is -2.47. The van der Waals surface area contributed by atoms with Crippen molar-refractivity contribution in [3.8, 4) is 5.75 Å². The molecule has 0 radical (unpaired) electrons. The van der Waals surface area contributed by atoms with Crippen LogP contribution in [0.2, 0.25) is 0 Å². The number of carbonyl (C=O) groups excluding carboxylic acids is 1. The molecule has 0 aromatic heterocycles. The van der Waals surface area contributed by atoms with Crippen LogP contribution in [0.15, 0.2) is 36.4 Å². The fourth-order valence-electron chi connectivity index (χ4n) is 1.68. The Hall–Kier alpha value is -1.50. The number of hydrogen-bond donors (Lipinski definition) is 0. The Morgan fingerprint density at radius 2 is 1.89 bits per heavy atom. The highest BCUT2D eigenvalue weighted by Crippen LogP contribution is 2.25.